The SMILES string of the molecule is N#Cc1ccc(N2CCN(C(=O)c3nc(NC(=O)Nc4ccc(OC(F)(F)F)cc4)cn3CC3CC3)CC2)cc1. The molecule has 13 heteroatoms. The molecule has 1 saturated carbocycles. The summed E-state index contributed by atoms with van der Waals surface area (Å²) in [6.45, 7) is 2.85. The molecule has 40 heavy (non-hydrogen) atoms. The van der Waals surface area contributed by atoms with Gasteiger partial charge in [0.1, 0.15) is 5.75 Å². The van der Waals surface area contributed by atoms with Gasteiger partial charge in [0.15, 0.2) is 5.82 Å². The van der Waals surface area contributed by atoms with Gasteiger partial charge in [-0.3, -0.25) is 10.1 Å². The highest BCUT2D eigenvalue weighted by Crippen LogP contribution is 2.32. The number of carbonyl (C=O) groups excluding carboxylic acids is 2. The van der Waals surface area contributed by atoms with Crippen molar-refractivity contribution in [3.63, 3.8) is 0 Å². The van der Waals surface area contributed by atoms with E-state index in [1.807, 2.05) is 12.1 Å². The van der Waals surface area contributed by atoms with Crippen LogP contribution in [-0.4, -0.2) is 58.9 Å². The predicted molar refractivity (Wildman–Crippen MR) is 140 cm³/mol. The quantitative estimate of drug-likeness (QED) is 0.440. The van der Waals surface area contributed by atoms with Gasteiger partial charge in [0, 0.05) is 50.3 Å². The number of nitrogens with zero attached hydrogens (tertiary/aromatic N) is 5. The Hall–Kier alpha value is -4.73. The number of halogens is 3. The van der Waals surface area contributed by atoms with Crippen molar-refractivity contribution in [3.05, 3.63) is 66.1 Å². The van der Waals surface area contributed by atoms with Crippen molar-refractivity contribution in [1.29, 1.82) is 5.26 Å². The summed E-state index contributed by atoms with van der Waals surface area (Å²) in [5, 5.41) is 14.1. The van der Waals surface area contributed by atoms with Gasteiger partial charge in [-0.2, -0.15) is 5.26 Å². The Morgan fingerprint density at radius 2 is 1.68 bits per heavy atom. The molecule has 2 heterocycles. The van der Waals surface area contributed by atoms with E-state index in [4.69, 9.17) is 5.26 Å². The largest absolute Gasteiger partial charge is 0.573 e. The molecule has 0 spiro atoms. The van der Waals surface area contributed by atoms with Gasteiger partial charge >= 0.3 is 12.4 Å². The first-order valence-corrected chi connectivity index (χ1v) is 12.7. The summed E-state index contributed by atoms with van der Waals surface area (Å²) in [5.41, 5.74) is 1.83. The minimum Gasteiger partial charge on any atom is -0.406 e. The number of hydrogen-bond donors (Lipinski definition) is 2. The molecule has 3 aromatic rings. The number of rotatable bonds is 7. The third kappa shape index (κ3) is 6.82. The Balaban J connectivity index is 1.21. The molecule has 0 radical (unpaired) electrons. The number of aromatic nitrogens is 2. The van der Waals surface area contributed by atoms with E-state index < -0.39 is 18.1 Å². The number of nitriles is 1. The van der Waals surface area contributed by atoms with Crippen LogP contribution in [0.4, 0.5) is 35.2 Å². The molecule has 10 nitrogen and oxygen atoms in total. The topological polar surface area (TPSA) is 116 Å². The van der Waals surface area contributed by atoms with Crippen molar-refractivity contribution in [3.8, 4) is 11.8 Å². The maximum absolute atomic E-state index is 13.4. The van der Waals surface area contributed by atoms with E-state index in [9.17, 15) is 22.8 Å². The van der Waals surface area contributed by atoms with Crippen molar-refractivity contribution in [2.45, 2.75) is 25.7 Å². The van der Waals surface area contributed by atoms with Gasteiger partial charge in [0.2, 0.25) is 5.82 Å². The standard InChI is InChI=1S/C27H26F3N7O3/c28-27(29,30)40-22-9-5-20(6-10-22)32-26(39)34-23-17-37(16-19-1-2-19)24(33-23)25(38)36-13-11-35(12-14-36)21-7-3-18(15-31)4-8-21/h3-10,17,19H,1-2,11-14,16H2,(H2,32,34,39). The highest BCUT2D eigenvalue weighted by atomic mass is 19.4. The average Bonchev–Trinajstić information content (AvgIpc) is 3.67. The Bertz CT molecular complexity index is 1400. The first kappa shape index (κ1) is 26.9. The van der Waals surface area contributed by atoms with Crippen LogP contribution in [0.25, 0.3) is 0 Å². The second-order valence-corrected chi connectivity index (χ2v) is 9.63. The minimum atomic E-state index is -4.81. The van der Waals surface area contributed by atoms with Gasteiger partial charge in [-0.1, -0.05) is 0 Å². The molecule has 1 aromatic heterocycles. The summed E-state index contributed by atoms with van der Waals surface area (Å²) in [6.07, 6.45) is -1.06. The normalized spacial score (nSPS) is 15.3. The average molecular weight is 554 g/mol. The van der Waals surface area contributed by atoms with E-state index in [-0.39, 0.29) is 23.2 Å². The fourth-order valence-corrected chi connectivity index (χ4v) is 4.44. The third-order valence-electron chi connectivity index (χ3n) is 6.64. The van der Waals surface area contributed by atoms with E-state index in [0.717, 1.165) is 30.7 Å². The van der Waals surface area contributed by atoms with Crippen molar-refractivity contribution in [2.24, 2.45) is 5.92 Å². The lowest BCUT2D eigenvalue weighted by Crippen LogP contribution is -2.49. The summed E-state index contributed by atoms with van der Waals surface area (Å²) in [7, 11) is 0. The van der Waals surface area contributed by atoms with Crippen LogP contribution in [0.2, 0.25) is 0 Å². The van der Waals surface area contributed by atoms with E-state index in [2.05, 4.69) is 31.3 Å². The van der Waals surface area contributed by atoms with Crippen LogP contribution in [0.3, 0.4) is 0 Å². The molecule has 0 unspecified atom stereocenters. The monoisotopic (exact) mass is 553 g/mol. The van der Waals surface area contributed by atoms with Gasteiger partial charge < -0.3 is 24.4 Å². The molecule has 5 rings (SSSR count). The van der Waals surface area contributed by atoms with Gasteiger partial charge in [-0.15, -0.1) is 13.2 Å². The molecule has 0 atom stereocenters. The second kappa shape index (κ2) is 11.2. The Kier molecular flexibility index (Phi) is 7.50. The van der Waals surface area contributed by atoms with Gasteiger partial charge in [-0.05, 0) is 67.3 Å². The van der Waals surface area contributed by atoms with Crippen LogP contribution in [0, 0.1) is 17.2 Å². The van der Waals surface area contributed by atoms with Crippen LogP contribution >= 0.6 is 0 Å². The number of piperazine rings is 1. The number of alkyl halides is 3. The molecule has 1 aliphatic carbocycles. The second-order valence-electron chi connectivity index (χ2n) is 9.63. The zero-order chi connectivity index (χ0) is 28.3. The maximum Gasteiger partial charge on any atom is 0.573 e. The first-order chi connectivity index (χ1) is 19.2. The number of ether oxygens (including phenoxy) is 1. The summed E-state index contributed by atoms with van der Waals surface area (Å²) in [6, 6.07) is 13.5. The molecular weight excluding hydrogens is 527 g/mol. The highest BCUT2D eigenvalue weighted by Gasteiger charge is 2.31. The number of carbonyl (C=O) groups is 2. The highest BCUT2D eigenvalue weighted by molar-refractivity contribution is 6.00. The van der Waals surface area contributed by atoms with Crippen LogP contribution in [0.5, 0.6) is 5.75 Å². The zero-order valence-corrected chi connectivity index (χ0v) is 21.3. The number of nitrogens with one attached hydrogen (secondary N) is 2. The smallest absolute Gasteiger partial charge is 0.406 e. The molecule has 0 bridgehead atoms. The molecule has 3 amide bonds. The molecular formula is C27H26F3N7O3. The summed E-state index contributed by atoms with van der Waals surface area (Å²) >= 11 is 0. The number of amides is 3. The maximum atomic E-state index is 13.4. The number of hydrogen-bond acceptors (Lipinski definition) is 6. The van der Waals surface area contributed by atoms with Crippen molar-refractivity contribution in [1.82, 2.24) is 14.5 Å². The molecule has 2 fully saturated rings. The Labute approximate surface area is 227 Å². The molecule has 1 aliphatic heterocycles. The van der Waals surface area contributed by atoms with Crippen molar-refractivity contribution >= 4 is 29.1 Å². The fourth-order valence-electron chi connectivity index (χ4n) is 4.44. The lowest BCUT2D eigenvalue weighted by atomic mass is 10.2. The molecule has 208 valence electrons. The third-order valence-corrected chi connectivity index (χ3v) is 6.64. The van der Waals surface area contributed by atoms with E-state index >= 15 is 0 Å². The number of benzene rings is 2. The lowest BCUT2D eigenvalue weighted by molar-refractivity contribution is -0.274. The van der Waals surface area contributed by atoms with Crippen LogP contribution < -0.4 is 20.3 Å². The predicted octanol–water partition coefficient (Wildman–Crippen LogP) is 4.67. The minimum absolute atomic E-state index is 0.190. The Morgan fingerprint density at radius 3 is 2.27 bits per heavy atom. The molecule has 1 saturated heterocycles. The van der Waals surface area contributed by atoms with Gasteiger partial charge in [0.25, 0.3) is 5.91 Å². The molecule has 2 aliphatic rings. The van der Waals surface area contributed by atoms with E-state index in [1.54, 1.807) is 27.8 Å². The number of urea groups is 1. The van der Waals surface area contributed by atoms with E-state index in [0.29, 0.717) is 44.2 Å². The molecule has 2 aromatic carbocycles. The van der Waals surface area contributed by atoms with Crippen LogP contribution in [-0.2, 0) is 6.54 Å². The molecule has 2 N–H and O–H groups in total. The van der Waals surface area contributed by atoms with Crippen molar-refractivity contribution < 1.29 is 27.5 Å². The summed E-state index contributed by atoms with van der Waals surface area (Å²) < 4.78 is 42.6. The van der Waals surface area contributed by atoms with Crippen molar-refractivity contribution in [2.75, 3.05) is 41.7 Å². The summed E-state index contributed by atoms with van der Waals surface area (Å²) in [5.74, 6) is 0.248. The van der Waals surface area contributed by atoms with E-state index in [1.165, 1.54) is 12.1 Å². The van der Waals surface area contributed by atoms with Crippen LogP contribution in [0.1, 0.15) is 29.0 Å². The summed E-state index contributed by atoms with van der Waals surface area (Å²) in [4.78, 5) is 34.3. The van der Waals surface area contributed by atoms with Crippen LogP contribution in [0.15, 0.2) is 54.7 Å². The Morgan fingerprint density at radius 1 is 1.00 bits per heavy atom. The fraction of sp³-hybridized carbons (Fsp3) is 0.333. The number of anilines is 3. The van der Waals surface area contributed by atoms with Gasteiger partial charge in [0.05, 0.1) is 11.6 Å². The number of imidazole rings is 1. The lowest BCUT2D eigenvalue weighted by Gasteiger charge is -2.36. The first-order valence-electron chi connectivity index (χ1n) is 12.7. The zero-order valence-electron chi connectivity index (χ0n) is 21.3. The van der Waals surface area contributed by atoms with Gasteiger partial charge in [-0.25, -0.2) is 9.78 Å².